The topological polar surface area (TPSA) is 39.7 Å². The molecule has 1 aliphatic heterocycles. The van der Waals surface area contributed by atoms with E-state index < -0.39 is 0 Å². The van der Waals surface area contributed by atoms with Crippen molar-refractivity contribution in [1.82, 2.24) is 15.5 Å². The third-order valence-corrected chi connectivity index (χ3v) is 3.07. The summed E-state index contributed by atoms with van der Waals surface area (Å²) < 4.78 is 0. The zero-order valence-corrected chi connectivity index (χ0v) is 12.7. The van der Waals surface area contributed by atoms with E-state index in [0.29, 0.717) is 5.92 Å². The quantitative estimate of drug-likeness (QED) is 0.595. The van der Waals surface area contributed by atoms with Gasteiger partial charge >= 0.3 is 0 Å². The smallest absolute Gasteiger partial charge is 0.191 e. The number of nitrogens with zero attached hydrogens (tertiary/aromatic N) is 2. The first-order valence-corrected chi connectivity index (χ1v) is 7.15. The van der Waals surface area contributed by atoms with Gasteiger partial charge in [-0.2, -0.15) is 0 Å². The van der Waals surface area contributed by atoms with Gasteiger partial charge in [0.15, 0.2) is 5.96 Å². The molecule has 1 heterocycles. The summed E-state index contributed by atoms with van der Waals surface area (Å²) in [6.07, 6.45) is 2.61. The van der Waals surface area contributed by atoms with Crippen molar-refractivity contribution in [2.45, 2.75) is 46.1 Å². The maximum absolute atomic E-state index is 4.72. The van der Waals surface area contributed by atoms with E-state index >= 15 is 0 Å². The molecule has 1 rings (SSSR count). The minimum Gasteiger partial charge on any atom is -0.357 e. The van der Waals surface area contributed by atoms with Crippen LogP contribution in [0.5, 0.6) is 0 Å². The van der Waals surface area contributed by atoms with Crippen LogP contribution in [0.25, 0.3) is 0 Å². The normalized spacial score (nSPS) is 22.9. The molecule has 0 bridgehead atoms. The second kappa shape index (κ2) is 6.98. The van der Waals surface area contributed by atoms with E-state index in [1.54, 1.807) is 0 Å². The van der Waals surface area contributed by atoms with Crippen LogP contribution in [0, 0.1) is 5.92 Å². The highest BCUT2D eigenvalue weighted by molar-refractivity contribution is 5.80. The van der Waals surface area contributed by atoms with Crippen molar-refractivity contribution in [3.63, 3.8) is 0 Å². The molecule has 0 radical (unpaired) electrons. The van der Waals surface area contributed by atoms with Crippen LogP contribution in [0.1, 0.15) is 40.5 Å². The van der Waals surface area contributed by atoms with Crippen LogP contribution in [-0.4, -0.2) is 49.6 Å². The highest BCUT2D eigenvalue weighted by Gasteiger charge is 2.17. The minimum atomic E-state index is 0.0599. The first-order chi connectivity index (χ1) is 8.40. The van der Waals surface area contributed by atoms with Gasteiger partial charge in [-0.15, -0.1) is 0 Å². The molecule has 18 heavy (non-hydrogen) atoms. The van der Waals surface area contributed by atoms with Gasteiger partial charge in [0.1, 0.15) is 0 Å². The standard InChI is InChI=1S/C14H30N4/c1-6-15-13(17-14(2,3)4)16-10-12-8-7-9-18(5)11-12/h12H,6-11H2,1-5H3,(H2,15,16,17). The van der Waals surface area contributed by atoms with Gasteiger partial charge in [-0.3, -0.25) is 4.99 Å². The van der Waals surface area contributed by atoms with Crippen molar-refractivity contribution in [3.8, 4) is 0 Å². The molecule has 0 aromatic carbocycles. The van der Waals surface area contributed by atoms with Gasteiger partial charge in [0.2, 0.25) is 0 Å². The van der Waals surface area contributed by atoms with Gasteiger partial charge < -0.3 is 15.5 Å². The predicted molar refractivity (Wildman–Crippen MR) is 79.1 cm³/mol. The monoisotopic (exact) mass is 254 g/mol. The first-order valence-electron chi connectivity index (χ1n) is 7.15. The number of piperidine rings is 1. The van der Waals surface area contributed by atoms with Crippen molar-refractivity contribution in [2.75, 3.05) is 33.2 Å². The van der Waals surface area contributed by atoms with E-state index in [-0.39, 0.29) is 5.54 Å². The highest BCUT2D eigenvalue weighted by atomic mass is 15.2. The molecule has 0 aliphatic carbocycles. The molecule has 0 aromatic rings. The second-order valence-electron chi connectivity index (χ2n) is 6.37. The number of aliphatic imine (C=N–C) groups is 1. The average molecular weight is 254 g/mol. The van der Waals surface area contributed by atoms with Gasteiger partial charge in [-0.25, -0.2) is 0 Å². The van der Waals surface area contributed by atoms with Gasteiger partial charge in [0, 0.05) is 25.2 Å². The van der Waals surface area contributed by atoms with E-state index in [0.717, 1.165) is 19.0 Å². The molecule has 0 amide bonds. The molecule has 2 N–H and O–H groups in total. The number of hydrogen-bond donors (Lipinski definition) is 2. The molecule has 1 aliphatic rings. The Bertz CT molecular complexity index is 267. The fourth-order valence-corrected chi connectivity index (χ4v) is 2.30. The SMILES string of the molecule is CCNC(=NCC1CCCN(C)C1)NC(C)(C)C. The first kappa shape index (κ1) is 15.3. The molecule has 1 atom stereocenters. The summed E-state index contributed by atoms with van der Waals surface area (Å²) in [5.74, 6) is 1.65. The maximum atomic E-state index is 4.72. The molecule has 4 heteroatoms. The third-order valence-electron chi connectivity index (χ3n) is 3.07. The lowest BCUT2D eigenvalue weighted by molar-refractivity contribution is 0.214. The molecule has 1 saturated heterocycles. The van der Waals surface area contributed by atoms with Crippen LogP contribution in [0.15, 0.2) is 4.99 Å². The van der Waals surface area contributed by atoms with Gasteiger partial charge in [0.05, 0.1) is 0 Å². The van der Waals surface area contributed by atoms with Crippen LogP contribution in [0.4, 0.5) is 0 Å². The predicted octanol–water partition coefficient (Wildman–Crippen LogP) is 1.68. The lowest BCUT2D eigenvalue weighted by Gasteiger charge is -2.29. The van der Waals surface area contributed by atoms with Crippen LogP contribution in [-0.2, 0) is 0 Å². The summed E-state index contributed by atoms with van der Waals surface area (Å²) in [5, 5.41) is 6.75. The van der Waals surface area contributed by atoms with Gasteiger partial charge in [0.25, 0.3) is 0 Å². The molecule has 4 nitrogen and oxygen atoms in total. The summed E-state index contributed by atoms with van der Waals surface area (Å²) in [6.45, 7) is 12.8. The van der Waals surface area contributed by atoms with Crippen molar-refractivity contribution in [2.24, 2.45) is 10.9 Å². The molecule has 1 unspecified atom stereocenters. The fraction of sp³-hybridized carbons (Fsp3) is 0.929. The minimum absolute atomic E-state index is 0.0599. The Morgan fingerprint density at radius 2 is 2.11 bits per heavy atom. The third kappa shape index (κ3) is 6.24. The maximum Gasteiger partial charge on any atom is 0.191 e. The number of likely N-dealkylation sites (tertiary alicyclic amines) is 1. The van der Waals surface area contributed by atoms with Crippen molar-refractivity contribution < 1.29 is 0 Å². The molecule has 0 aromatic heterocycles. The molecule has 0 saturated carbocycles. The highest BCUT2D eigenvalue weighted by Crippen LogP contribution is 2.15. The number of rotatable bonds is 3. The summed E-state index contributed by atoms with van der Waals surface area (Å²) >= 11 is 0. The Hall–Kier alpha value is -0.770. The largest absolute Gasteiger partial charge is 0.357 e. The Balaban J connectivity index is 2.48. The molecular weight excluding hydrogens is 224 g/mol. The molecular formula is C14H30N4. The molecule has 0 spiro atoms. The lowest BCUT2D eigenvalue weighted by Crippen LogP contribution is -2.48. The summed E-state index contributed by atoms with van der Waals surface area (Å²) in [7, 11) is 2.20. The Kier molecular flexibility index (Phi) is 5.93. The summed E-state index contributed by atoms with van der Waals surface area (Å²) in [6, 6.07) is 0. The summed E-state index contributed by atoms with van der Waals surface area (Å²) in [4.78, 5) is 7.14. The number of nitrogens with one attached hydrogen (secondary N) is 2. The zero-order chi connectivity index (χ0) is 13.6. The van der Waals surface area contributed by atoms with E-state index in [1.807, 2.05) is 0 Å². The number of hydrogen-bond acceptors (Lipinski definition) is 2. The summed E-state index contributed by atoms with van der Waals surface area (Å²) in [5.41, 5.74) is 0.0599. The van der Waals surface area contributed by atoms with Crippen LogP contribution >= 0.6 is 0 Å². The van der Waals surface area contributed by atoms with E-state index in [9.17, 15) is 0 Å². The van der Waals surface area contributed by atoms with Gasteiger partial charge in [-0.05, 0) is 60.0 Å². The Labute approximate surface area is 112 Å². The molecule has 106 valence electrons. The number of guanidine groups is 1. The lowest BCUT2D eigenvalue weighted by atomic mass is 9.99. The van der Waals surface area contributed by atoms with Crippen LogP contribution in [0.2, 0.25) is 0 Å². The zero-order valence-electron chi connectivity index (χ0n) is 12.7. The molecule has 1 fully saturated rings. The Morgan fingerprint density at radius 3 is 2.67 bits per heavy atom. The van der Waals surface area contributed by atoms with E-state index in [1.165, 1.54) is 25.9 Å². The van der Waals surface area contributed by atoms with Crippen LogP contribution in [0.3, 0.4) is 0 Å². The fourth-order valence-electron chi connectivity index (χ4n) is 2.30. The second-order valence-corrected chi connectivity index (χ2v) is 6.37. The Morgan fingerprint density at radius 1 is 1.39 bits per heavy atom. The van der Waals surface area contributed by atoms with E-state index in [4.69, 9.17) is 4.99 Å². The van der Waals surface area contributed by atoms with Crippen molar-refractivity contribution >= 4 is 5.96 Å². The van der Waals surface area contributed by atoms with Gasteiger partial charge in [-0.1, -0.05) is 0 Å². The van der Waals surface area contributed by atoms with Crippen molar-refractivity contribution in [3.05, 3.63) is 0 Å². The van der Waals surface area contributed by atoms with Crippen LogP contribution < -0.4 is 10.6 Å². The van der Waals surface area contributed by atoms with E-state index in [2.05, 4.69) is 50.3 Å². The van der Waals surface area contributed by atoms with Crippen molar-refractivity contribution in [1.29, 1.82) is 0 Å². The average Bonchev–Trinajstić information content (AvgIpc) is 2.24.